The molecule has 0 saturated heterocycles. The van der Waals surface area contributed by atoms with Gasteiger partial charge in [0.25, 0.3) is 5.69 Å². The molecule has 0 amide bonds. The van der Waals surface area contributed by atoms with E-state index in [9.17, 15) is 10.1 Å². The quantitative estimate of drug-likeness (QED) is 0.364. The topological polar surface area (TPSA) is 68.9 Å². The molecular formula is C14H15N3O2S. The van der Waals surface area contributed by atoms with Gasteiger partial charge in [-0.15, -0.1) is 11.8 Å². The van der Waals surface area contributed by atoms with Crippen molar-refractivity contribution >= 4 is 17.4 Å². The summed E-state index contributed by atoms with van der Waals surface area (Å²) in [6.07, 6.45) is 0.883. The average Bonchev–Trinajstić information content (AvgIpc) is 2.45. The van der Waals surface area contributed by atoms with Gasteiger partial charge >= 0.3 is 0 Å². The second kappa shape index (κ2) is 6.47. The Morgan fingerprint density at radius 1 is 1.25 bits per heavy atom. The van der Waals surface area contributed by atoms with E-state index in [1.54, 1.807) is 23.9 Å². The lowest BCUT2D eigenvalue weighted by molar-refractivity contribution is -0.384. The molecule has 2 rings (SSSR count). The van der Waals surface area contributed by atoms with E-state index in [1.807, 2.05) is 13.0 Å². The lowest BCUT2D eigenvalue weighted by Gasteiger charge is -2.04. The third-order valence-electron chi connectivity index (χ3n) is 2.76. The summed E-state index contributed by atoms with van der Waals surface area (Å²) < 4.78 is 0. The summed E-state index contributed by atoms with van der Waals surface area (Å²) in [5, 5.41) is 11.5. The van der Waals surface area contributed by atoms with Crippen molar-refractivity contribution in [3.8, 4) is 0 Å². The Bertz CT molecular complexity index is 614. The van der Waals surface area contributed by atoms with Crippen molar-refractivity contribution in [1.29, 1.82) is 0 Å². The van der Waals surface area contributed by atoms with Crippen LogP contribution in [0.1, 0.15) is 24.0 Å². The maximum atomic E-state index is 10.6. The molecule has 1 aromatic heterocycles. The molecule has 0 aliphatic carbocycles. The molecule has 0 spiro atoms. The Balaban J connectivity index is 2.04. The van der Waals surface area contributed by atoms with E-state index < -0.39 is 4.92 Å². The zero-order valence-corrected chi connectivity index (χ0v) is 12.2. The minimum atomic E-state index is -0.391. The van der Waals surface area contributed by atoms with E-state index in [0.717, 1.165) is 34.3 Å². The van der Waals surface area contributed by atoms with E-state index in [-0.39, 0.29) is 5.69 Å². The second-order valence-corrected chi connectivity index (χ2v) is 5.31. The molecule has 2 aromatic rings. The molecule has 0 N–H and O–H groups in total. The van der Waals surface area contributed by atoms with Crippen molar-refractivity contribution in [2.45, 2.75) is 31.0 Å². The summed E-state index contributed by atoms with van der Waals surface area (Å²) in [7, 11) is 0. The molecule has 20 heavy (non-hydrogen) atoms. The third-order valence-corrected chi connectivity index (χ3v) is 3.75. The SMILES string of the molecule is CCc1cc(SCc2ccc([N+](=O)[O-])cc2)nc(C)n1. The van der Waals surface area contributed by atoms with Gasteiger partial charge in [-0.2, -0.15) is 0 Å². The molecule has 1 aromatic carbocycles. The first-order chi connectivity index (χ1) is 9.58. The van der Waals surface area contributed by atoms with E-state index in [2.05, 4.69) is 16.9 Å². The van der Waals surface area contributed by atoms with Crippen molar-refractivity contribution in [3.05, 3.63) is 57.5 Å². The van der Waals surface area contributed by atoms with Crippen LogP contribution in [0.5, 0.6) is 0 Å². The third kappa shape index (κ3) is 3.77. The summed E-state index contributed by atoms with van der Waals surface area (Å²) in [6.45, 7) is 3.95. The molecule has 0 unspecified atom stereocenters. The lowest BCUT2D eigenvalue weighted by Crippen LogP contribution is -1.96. The van der Waals surface area contributed by atoms with Crippen molar-refractivity contribution in [1.82, 2.24) is 9.97 Å². The Morgan fingerprint density at radius 2 is 1.95 bits per heavy atom. The number of thioether (sulfide) groups is 1. The fraction of sp³-hybridized carbons (Fsp3) is 0.286. The van der Waals surface area contributed by atoms with Gasteiger partial charge in [0.05, 0.1) is 4.92 Å². The van der Waals surface area contributed by atoms with Gasteiger partial charge in [0.2, 0.25) is 0 Å². The highest BCUT2D eigenvalue weighted by atomic mass is 32.2. The first-order valence-electron chi connectivity index (χ1n) is 6.29. The smallest absolute Gasteiger partial charge is 0.258 e. The van der Waals surface area contributed by atoms with Gasteiger partial charge in [0, 0.05) is 23.6 Å². The van der Waals surface area contributed by atoms with E-state index in [1.165, 1.54) is 12.1 Å². The molecule has 6 heteroatoms. The zero-order valence-electron chi connectivity index (χ0n) is 11.4. The number of benzene rings is 1. The predicted molar refractivity (Wildman–Crippen MR) is 78.8 cm³/mol. The predicted octanol–water partition coefficient (Wildman–Crippen LogP) is 3.55. The Hall–Kier alpha value is -1.95. The molecule has 0 aliphatic heterocycles. The van der Waals surface area contributed by atoms with Gasteiger partial charge in [-0.25, -0.2) is 9.97 Å². The summed E-state index contributed by atoms with van der Waals surface area (Å²) in [6, 6.07) is 8.60. The Morgan fingerprint density at radius 3 is 2.55 bits per heavy atom. The fourth-order valence-corrected chi connectivity index (χ4v) is 2.65. The summed E-state index contributed by atoms with van der Waals surface area (Å²) in [4.78, 5) is 18.9. The number of non-ortho nitro benzene ring substituents is 1. The standard InChI is InChI=1S/C14H15N3O2S/c1-3-12-8-14(16-10(2)15-12)20-9-11-4-6-13(7-5-11)17(18)19/h4-8H,3,9H2,1-2H3. The number of aromatic nitrogens is 2. The molecule has 0 atom stereocenters. The molecule has 0 bridgehead atoms. The average molecular weight is 289 g/mol. The van der Waals surface area contributed by atoms with Crippen LogP contribution >= 0.6 is 11.8 Å². The number of nitro benzene ring substituents is 1. The van der Waals surface area contributed by atoms with Crippen LogP contribution < -0.4 is 0 Å². The van der Waals surface area contributed by atoms with Gasteiger partial charge in [-0.1, -0.05) is 19.1 Å². The number of hydrogen-bond acceptors (Lipinski definition) is 5. The van der Waals surface area contributed by atoms with Crippen molar-refractivity contribution in [2.75, 3.05) is 0 Å². The second-order valence-electron chi connectivity index (χ2n) is 4.31. The normalized spacial score (nSPS) is 10.5. The molecule has 0 radical (unpaired) electrons. The number of aryl methyl sites for hydroxylation is 2. The zero-order chi connectivity index (χ0) is 14.5. The van der Waals surface area contributed by atoms with Crippen molar-refractivity contribution in [2.24, 2.45) is 0 Å². The molecule has 0 aliphatic rings. The lowest BCUT2D eigenvalue weighted by atomic mass is 10.2. The summed E-state index contributed by atoms with van der Waals surface area (Å²) in [5.41, 5.74) is 2.18. The molecule has 104 valence electrons. The maximum absolute atomic E-state index is 10.6. The van der Waals surface area contributed by atoms with Gasteiger partial charge < -0.3 is 0 Å². The summed E-state index contributed by atoms with van der Waals surface area (Å²) >= 11 is 1.61. The minimum Gasteiger partial charge on any atom is -0.258 e. The first kappa shape index (κ1) is 14.5. The van der Waals surface area contributed by atoms with Crippen LogP contribution in [0.3, 0.4) is 0 Å². The highest BCUT2D eigenvalue weighted by Gasteiger charge is 2.05. The van der Waals surface area contributed by atoms with Gasteiger partial charge in [0.1, 0.15) is 10.9 Å². The van der Waals surface area contributed by atoms with Crippen LogP contribution in [-0.4, -0.2) is 14.9 Å². The monoisotopic (exact) mass is 289 g/mol. The molecular weight excluding hydrogens is 274 g/mol. The van der Waals surface area contributed by atoms with Gasteiger partial charge in [0.15, 0.2) is 0 Å². The van der Waals surface area contributed by atoms with Crippen LogP contribution in [0.15, 0.2) is 35.4 Å². The molecule has 1 heterocycles. The highest BCUT2D eigenvalue weighted by molar-refractivity contribution is 7.98. The Kier molecular flexibility index (Phi) is 4.68. The number of rotatable bonds is 5. The maximum Gasteiger partial charge on any atom is 0.269 e. The van der Waals surface area contributed by atoms with E-state index in [0.29, 0.717) is 0 Å². The van der Waals surface area contributed by atoms with Gasteiger partial charge in [-0.3, -0.25) is 10.1 Å². The fourth-order valence-electron chi connectivity index (χ4n) is 1.73. The Labute approximate surface area is 121 Å². The van der Waals surface area contributed by atoms with Crippen LogP contribution in [-0.2, 0) is 12.2 Å². The summed E-state index contributed by atoms with van der Waals surface area (Å²) in [5.74, 6) is 1.51. The van der Waals surface area contributed by atoms with Crippen LogP contribution in [0, 0.1) is 17.0 Å². The van der Waals surface area contributed by atoms with Gasteiger partial charge in [-0.05, 0) is 25.0 Å². The van der Waals surface area contributed by atoms with Crippen molar-refractivity contribution in [3.63, 3.8) is 0 Å². The molecule has 5 nitrogen and oxygen atoms in total. The largest absolute Gasteiger partial charge is 0.269 e. The number of hydrogen-bond donors (Lipinski definition) is 0. The highest BCUT2D eigenvalue weighted by Crippen LogP contribution is 2.23. The molecule has 0 saturated carbocycles. The van der Waals surface area contributed by atoms with E-state index >= 15 is 0 Å². The number of nitro groups is 1. The van der Waals surface area contributed by atoms with Crippen LogP contribution in [0.25, 0.3) is 0 Å². The van der Waals surface area contributed by atoms with Crippen LogP contribution in [0.4, 0.5) is 5.69 Å². The molecule has 0 fully saturated rings. The first-order valence-corrected chi connectivity index (χ1v) is 7.27. The minimum absolute atomic E-state index is 0.116. The number of nitrogens with zero attached hydrogens (tertiary/aromatic N) is 3. The van der Waals surface area contributed by atoms with Crippen LogP contribution in [0.2, 0.25) is 0 Å². The van der Waals surface area contributed by atoms with Crippen molar-refractivity contribution < 1.29 is 4.92 Å². The van der Waals surface area contributed by atoms with E-state index in [4.69, 9.17) is 0 Å².